The number of amides is 1. The predicted octanol–water partition coefficient (Wildman–Crippen LogP) is 2.90. The normalized spacial score (nSPS) is 11.7. The summed E-state index contributed by atoms with van der Waals surface area (Å²) < 4.78 is 25.6. The summed E-state index contributed by atoms with van der Waals surface area (Å²) in [5.74, 6) is -0.524. The Morgan fingerprint density at radius 1 is 1.35 bits per heavy atom. The van der Waals surface area contributed by atoms with Crippen molar-refractivity contribution >= 4 is 61.8 Å². The van der Waals surface area contributed by atoms with Crippen molar-refractivity contribution in [3.05, 3.63) is 39.7 Å². The molecule has 0 aliphatic carbocycles. The summed E-state index contributed by atoms with van der Waals surface area (Å²) in [4.78, 5) is 12.0. The van der Waals surface area contributed by atoms with Crippen molar-refractivity contribution in [2.45, 2.75) is 4.21 Å². The van der Waals surface area contributed by atoms with Gasteiger partial charge in [0.25, 0.3) is 10.0 Å². The minimum absolute atomic E-state index is 0.173. The van der Waals surface area contributed by atoms with E-state index in [2.05, 4.69) is 5.32 Å². The zero-order chi connectivity index (χ0) is 17.2. The lowest BCUT2D eigenvalue weighted by Crippen LogP contribution is -2.34. The molecule has 3 N–H and O–H groups in total. The van der Waals surface area contributed by atoms with Gasteiger partial charge in [0.15, 0.2) is 0 Å². The Labute approximate surface area is 147 Å². The van der Waals surface area contributed by atoms with Gasteiger partial charge in [0, 0.05) is 12.7 Å². The number of hydrogen-bond donors (Lipinski definition) is 2. The monoisotopic (exact) mass is 393 g/mol. The van der Waals surface area contributed by atoms with Crippen LogP contribution < -0.4 is 11.1 Å². The van der Waals surface area contributed by atoms with Gasteiger partial charge in [0.05, 0.1) is 22.3 Å². The average Bonchev–Trinajstić information content (AvgIpc) is 2.99. The number of nitrogen functional groups attached to an aromatic ring is 1. The Bertz CT molecular complexity index is 800. The SMILES string of the molecule is CN(CC(=O)Nc1cc(Cl)c(N)c(Cl)c1)S(=O)(=O)c1cccs1. The summed E-state index contributed by atoms with van der Waals surface area (Å²) in [6.07, 6.45) is 0. The molecule has 1 amide bonds. The number of benzene rings is 1. The van der Waals surface area contributed by atoms with Crippen LogP contribution in [0.5, 0.6) is 0 Å². The molecule has 0 spiro atoms. The first kappa shape index (κ1) is 18.0. The van der Waals surface area contributed by atoms with Crippen LogP contribution >= 0.6 is 34.5 Å². The van der Waals surface area contributed by atoms with E-state index in [0.29, 0.717) is 5.69 Å². The maximum absolute atomic E-state index is 12.2. The van der Waals surface area contributed by atoms with Crippen molar-refractivity contribution in [2.75, 3.05) is 24.6 Å². The van der Waals surface area contributed by atoms with E-state index in [1.165, 1.54) is 25.2 Å². The molecule has 1 aromatic carbocycles. The fraction of sp³-hybridized carbons (Fsp3) is 0.154. The van der Waals surface area contributed by atoms with Gasteiger partial charge < -0.3 is 11.1 Å². The van der Waals surface area contributed by atoms with E-state index in [9.17, 15) is 13.2 Å². The molecule has 10 heteroatoms. The molecule has 124 valence electrons. The number of nitrogens with zero attached hydrogens (tertiary/aromatic N) is 1. The number of rotatable bonds is 5. The molecular formula is C13H13Cl2N3O3S2. The van der Waals surface area contributed by atoms with Gasteiger partial charge >= 0.3 is 0 Å². The lowest BCUT2D eigenvalue weighted by molar-refractivity contribution is -0.116. The smallest absolute Gasteiger partial charge is 0.252 e. The number of halogens is 2. The molecule has 0 bridgehead atoms. The number of sulfonamides is 1. The van der Waals surface area contributed by atoms with E-state index in [-0.39, 0.29) is 26.5 Å². The van der Waals surface area contributed by atoms with E-state index in [0.717, 1.165) is 15.6 Å². The van der Waals surface area contributed by atoms with Gasteiger partial charge in [-0.1, -0.05) is 29.3 Å². The van der Waals surface area contributed by atoms with Gasteiger partial charge in [0.1, 0.15) is 4.21 Å². The third kappa shape index (κ3) is 4.15. The van der Waals surface area contributed by atoms with Crippen molar-refractivity contribution in [3.8, 4) is 0 Å². The Balaban J connectivity index is 2.08. The third-order valence-electron chi connectivity index (χ3n) is 2.89. The molecule has 2 rings (SSSR count). The molecule has 0 radical (unpaired) electrons. The van der Waals surface area contributed by atoms with Crippen LogP contribution in [0, 0.1) is 0 Å². The maximum atomic E-state index is 12.2. The summed E-state index contributed by atoms with van der Waals surface area (Å²) >= 11 is 12.9. The standard InChI is InChI=1S/C13H13Cl2N3O3S2/c1-18(23(20,21)12-3-2-4-22-12)7-11(19)17-8-5-9(14)13(16)10(15)6-8/h2-6H,7,16H2,1H3,(H,17,19). The Morgan fingerprint density at radius 3 is 2.48 bits per heavy atom. The minimum atomic E-state index is -3.69. The molecule has 0 fully saturated rings. The van der Waals surface area contributed by atoms with Gasteiger partial charge in [-0.2, -0.15) is 4.31 Å². The quantitative estimate of drug-likeness (QED) is 0.763. The number of thiophene rings is 1. The van der Waals surface area contributed by atoms with Crippen LogP contribution in [0.4, 0.5) is 11.4 Å². The van der Waals surface area contributed by atoms with Crippen LogP contribution in [0.15, 0.2) is 33.9 Å². The average molecular weight is 394 g/mol. The maximum Gasteiger partial charge on any atom is 0.252 e. The Morgan fingerprint density at radius 2 is 1.96 bits per heavy atom. The third-order valence-corrected chi connectivity index (χ3v) is 6.69. The Kier molecular flexibility index (Phi) is 5.53. The predicted molar refractivity (Wildman–Crippen MR) is 93.6 cm³/mol. The molecule has 0 saturated carbocycles. The summed E-state index contributed by atoms with van der Waals surface area (Å²) in [5, 5.41) is 4.59. The van der Waals surface area contributed by atoms with Crippen molar-refractivity contribution in [2.24, 2.45) is 0 Å². The van der Waals surface area contributed by atoms with E-state index < -0.39 is 15.9 Å². The zero-order valence-electron chi connectivity index (χ0n) is 11.9. The van der Waals surface area contributed by atoms with E-state index in [1.807, 2.05) is 0 Å². The van der Waals surface area contributed by atoms with Crippen LogP contribution in [-0.4, -0.2) is 32.2 Å². The van der Waals surface area contributed by atoms with Gasteiger partial charge in [-0.05, 0) is 23.6 Å². The molecule has 0 saturated heterocycles. The largest absolute Gasteiger partial charge is 0.396 e. The first-order chi connectivity index (χ1) is 10.7. The van der Waals surface area contributed by atoms with Crippen molar-refractivity contribution in [1.29, 1.82) is 0 Å². The topological polar surface area (TPSA) is 92.5 Å². The summed E-state index contributed by atoms with van der Waals surface area (Å²) in [6.45, 7) is -0.347. The first-order valence-electron chi connectivity index (χ1n) is 6.26. The fourth-order valence-corrected chi connectivity index (χ4v) is 4.52. The highest BCUT2D eigenvalue weighted by Gasteiger charge is 2.23. The number of anilines is 2. The highest BCUT2D eigenvalue weighted by Crippen LogP contribution is 2.31. The highest BCUT2D eigenvalue weighted by atomic mass is 35.5. The molecule has 0 atom stereocenters. The van der Waals surface area contributed by atoms with Gasteiger partial charge in [-0.15, -0.1) is 11.3 Å². The first-order valence-corrected chi connectivity index (χ1v) is 9.33. The van der Waals surface area contributed by atoms with Crippen LogP contribution in [0.2, 0.25) is 10.0 Å². The second-order valence-corrected chi connectivity index (χ2v) is 8.63. The highest BCUT2D eigenvalue weighted by molar-refractivity contribution is 7.91. The van der Waals surface area contributed by atoms with E-state index in [4.69, 9.17) is 28.9 Å². The lowest BCUT2D eigenvalue weighted by Gasteiger charge is -2.16. The fourth-order valence-electron chi connectivity index (χ4n) is 1.71. The molecule has 0 unspecified atom stereocenters. The number of likely N-dealkylation sites (N-methyl/N-ethyl adjacent to an activating group) is 1. The van der Waals surface area contributed by atoms with Crippen molar-refractivity contribution in [3.63, 3.8) is 0 Å². The van der Waals surface area contributed by atoms with E-state index >= 15 is 0 Å². The molecule has 2 aromatic rings. The molecule has 1 heterocycles. The second-order valence-electron chi connectivity index (χ2n) is 4.59. The number of nitrogens with two attached hydrogens (primary N) is 1. The van der Waals surface area contributed by atoms with Crippen molar-refractivity contribution < 1.29 is 13.2 Å². The molecular weight excluding hydrogens is 381 g/mol. The van der Waals surface area contributed by atoms with Gasteiger partial charge in [0.2, 0.25) is 5.91 Å². The van der Waals surface area contributed by atoms with Crippen molar-refractivity contribution in [1.82, 2.24) is 4.31 Å². The van der Waals surface area contributed by atoms with Crippen LogP contribution in [0.1, 0.15) is 0 Å². The number of carbonyl (C=O) groups is 1. The number of hydrogen-bond acceptors (Lipinski definition) is 5. The molecule has 6 nitrogen and oxygen atoms in total. The number of nitrogens with one attached hydrogen (secondary N) is 1. The number of carbonyl (C=O) groups excluding carboxylic acids is 1. The Hall–Kier alpha value is -1.32. The summed E-state index contributed by atoms with van der Waals surface area (Å²) in [7, 11) is -2.36. The lowest BCUT2D eigenvalue weighted by atomic mass is 10.3. The van der Waals surface area contributed by atoms with Crippen LogP contribution in [0.3, 0.4) is 0 Å². The summed E-state index contributed by atoms with van der Waals surface area (Å²) in [6, 6.07) is 5.99. The van der Waals surface area contributed by atoms with E-state index in [1.54, 1.807) is 11.4 Å². The second kappa shape index (κ2) is 7.06. The van der Waals surface area contributed by atoms with Crippen LogP contribution in [0.25, 0.3) is 0 Å². The van der Waals surface area contributed by atoms with Crippen LogP contribution in [-0.2, 0) is 14.8 Å². The molecule has 1 aromatic heterocycles. The minimum Gasteiger partial charge on any atom is -0.396 e. The zero-order valence-corrected chi connectivity index (χ0v) is 15.1. The molecule has 0 aliphatic heterocycles. The van der Waals surface area contributed by atoms with Gasteiger partial charge in [-0.3, -0.25) is 4.79 Å². The summed E-state index contributed by atoms with van der Waals surface area (Å²) in [5.41, 5.74) is 6.16. The van der Waals surface area contributed by atoms with Gasteiger partial charge in [-0.25, -0.2) is 8.42 Å². The molecule has 0 aliphatic rings. The molecule has 23 heavy (non-hydrogen) atoms.